The molecule has 19 heavy (non-hydrogen) atoms. The third-order valence-electron chi connectivity index (χ3n) is 4.15. The van der Waals surface area contributed by atoms with Crippen molar-refractivity contribution in [2.24, 2.45) is 5.92 Å². The average molecular weight is 297 g/mol. The number of imidazole rings is 1. The fraction of sp³-hybridized carbons (Fsp3) is 0.533. The number of nitrogens with zero attached hydrogens (tertiary/aromatic N) is 2. The van der Waals surface area contributed by atoms with Gasteiger partial charge < -0.3 is 4.57 Å². The van der Waals surface area contributed by atoms with Gasteiger partial charge in [-0.1, -0.05) is 43.4 Å². The van der Waals surface area contributed by atoms with Crippen LogP contribution in [0.1, 0.15) is 37.9 Å². The second-order valence-corrected chi connectivity index (χ2v) is 6.03. The maximum atomic E-state index is 6.32. The van der Waals surface area contributed by atoms with E-state index in [1.165, 1.54) is 32.1 Å². The minimum absolute atomic E-state index is 0.440. The Morgan fingerprint density at radius 3 is 2.79 bits per heavy atom. The van der Waals surface area contributed by atoms with Crippen molar-refractivity contribution >= 4 is 34.2 Å². The van der Waals surface area contributed by atoms with Crippen LogP contribution >= 0.6 is 23.2 Å². The molecule has 0 unspecified atom stereocenters. The number of fused-ring (bicyclic) bond motifs is 1. The molecule has 0 spiro atoms. The first kappa shape index (κ1) is 13.3. The van der Waals surface area contributed by atoms with Gasteiger partial charge in [-0.15, -0.1) is 11.6 Å². The Bertz CT molecular complexity index is 571. The third-order valence-corrected chi connectivity index (χ3v) is 4.70. The molecular weight excluding hydrogens is 279 g/mol. The highest BCUT2D eigenvalue weighted by molar-refractivity contribution is 6.35. The fourth-order valence-electron chi connectivity index (χ4n) is 3.14. The minimum Gasteiger partial charge on any atom is -0.326 e. The summed E-state index contributed by atoms with van der Waals surface area (Å²) in [5.41, 5.74) is 1.99. The van der Waals surface area contributed by atoms with Crippen molar-refractivity contribution < 1.29 is 0 Å². The number of para-hydroxylation sites is 1. The molecule has 3 rings (SSSR count). The maximum absolute atomic E-state index is 6.32. The van der Waals surface area contributed by atoms with E-state index in [2.05, 4.69) is 9.55 Å². The second-order valence-electron chi connectivity index (χ2n) is 5.36. The third kappa shape index (κ3) is 2.61. The Labute approximate surface area is 123 Å². The second kappa shape index (κ2) is 5.72. The van der Waals surface area contributed by atoms with E-state index in [1.54, 1.807) is 0 Å². The number of rotatable bonds is 4. The zero-order valence-electron chi connectivity index (χ0n) is 10.9. The summed E-state index contributed by atoms with van der Waals surface area (Å²) >= 11 is 12.3. The number of hydrogen-bond donors (Lipinski definition) is 0. The molecular formula is C15H18Cl2N2. The zero-order chi connectivity index (χ0) is 13.2. The van der Waals surface area contributed by atoms with Crippen molar-refractivity contribution in [3.8, 4) is 0 Å². The van der Waals surface area contributed by atoms with E-state index in [-0.39, 0.29) is 0 Å². The van der Waals surface area contributed by atoms with Gasteiger partial charge in [0.2, 0.25) is 0 Å². The topological polar surface area (TPSA) is 17.8 Å². The van der Waals surface area contributed by atoms with Crippen LogP contribution in [0.2, 0.25) is 5.02 Å². The van der Waals surface area contributed by atoms with Crippen LogP contribution in [-0.2, 0) is 12.4 Å². The molecule has 0 aliphatic heterocycles. The van der Waals surface area contributed by atoms with E-state index in [1.807, 2.05) is 18.2 Å². The zero-order valence-corrected chi connectivity index (χ0v) is 12.4. The lowest BCUT2D eigenvalue weighted by Gasteiger charge is -2.12. The average Bonchev–Trinajstić information content (AvgIpc) is 3.03. The van der Waals surface area contributed by atoms with Gasteiger partial charge in [0.15, 0.2) is 0 Å². The Balaban J connectivity index is 1.91. The summed E-state index contributed by atoms with van der Waals surface area (Å²) in [4.78, 5) is 4.58. The fourth-order valence-corrected chi connectivity index (χ4v) is 3.62. The van der Waals surface area contributed by atoms with Gasteiger partial charge in [0, 0.05) is 6.54 Å². The molecule has 1 fully saturated rings. The lowest BCUT2D eigenvalue weighted by molar-refractivity contribution is 0.458. The summed E-state index contributed by atoms with van der Waals surface area (Å²) in [6.45, 7) is 0.979. The van der Waals surface area contributed by atoms with E-state index in [0.717, 1.165) is 34.3 Å². The molecule has 1 heterocycles. The molecule has 0 saturated heterocycles. The first-order valence-electron chi connectivity index (χ1n) is 6.99. The van der Waals surface area contributed by atoms with Crippen molar-refractivity contribution in [3.63, 3.8) is 0 Å². The lowest BCUT2D eigenvalue weighted by Crippen LogP contribution is -2.06. The van der Waals surface area contributed by atoms with Gasteiger partial charge in [-0.3, -0.25) is 0 Å². The summed E-state index contributed by atoms with van der Waals surface area (Å²) in [5, 5.41) is 0.771. The minimum atomic E-state index is 0.440. The summed E-state index contributed by atoms with van der Waals surface area (Å²) in [6, 6.07) is 5.87. The van der Waals surface area contributed by atoms with Crippen LogP contribution in [0.3, 0.4) is 0 Å². The van der Waals surface area contributed by atoms with E-state index in [4.69, 9.17) is 23.2 Å². The maximum Gasteiger partial charge on any atom is 0.124 e. The van der Waals surface area contributed by atoms with Gasteiger partial charge in [0.05, 0.1) is 21.9 Å². The van der Waals surface area contributed by atoms with Crippen LogP contribution in [0.15, 0.2) is 18.2 Å². The largest absolute Gasteiger partial charge is 0.326 e. The molecule has 1 aromatic heterocycles. The van der Waals surface area contributed by atoms with Crippen molar-refractivity contribution in [1.82, 2.24) is 9.55 Å². The van der Waals surface area contributed by atoms with Crippen LogP contribution < -0.4 is 0 Å². The molecule has 1 aromatic carbocycles. The number of halogens is 2. The van der Waals surface area contributed by atoms with Crippen LogP contribution in [-0.4, -0.2) is 9.55 Å². The molecule has 0 N–H and O–H groups in total. The van der Waals surface area contributed by atoms with Gasteiger partial charge in [-0.2, -0.15) is 0 Å². The van der Waals surface area contributed by atoms with Crippen LogP contribution in [0.5, 0.6) is 0 Å². The molecule has 0 amide bonds. The summed E-state index contributed by atoms with van der Waals surface area (Å²) in [7, 11) is 0. The Hall–Kier alpha value is -0.730. The predicted molar refractivity (Wildman–Crippen MR) is 80.9 cm³/mol. The van der Waals surface area contributed by atoms with E-state index in [0.29, 0.717) is 5.88 Å². The Morgan fingerprint density at radius 2 is 2.05 bits per heavy atom. The molecule has 102 valence electrons. The van der Waals surface area contributed by atoms with Gasteiger partial charge >= 0.3 is 0 Å². The number of hydrogen-bond acceptors (Lipinski definition) is 1. The van der Waals surface area contributed by atoms with Crippen LogP contribution in [0.25, 0.3) is 11.0 Å². The number of aryl methyl sites for hydroxylation is 1. The van der Waals surface area contributed by atoms with E-state index in [9.17, 15) is 0 Å². The normalized spacial score (nSPS) is 16.5. The van der Waals surface area contributed by atoms with Gasteiger partial charge in [-0.05, 0) is 24.5 Å². The van der Waals surface area contributed by atoms with Crippen LogP contribution in [0, 0.1) is 5.92 Å². The highest BCUT2D eigenvalue weighted by Gasteiger charge is 2.17. The molecule has 0 radical (unpaired) electrons. The molecule has 0 atom stereocenters. The highest BCUT2D eigenvalue weighted by Crippen LogP contribution is 2.30. The van der Waals surface area contributed by atoms with Crippen molar-refractivity contribution in [3.05, 3.63) is 29.0 Å². The molecule has 2 aromatic rings. The molecule has 1 saturated carbocycles. The number of benzene rings is 1. The lowest BCUT2D eigenvalue weighted by atomic mass is 10.0. The Morgan fingerprint density at radius 1 is 1.26 bits per heavy atom. The van der Waals surface area contributed by atoms with Crippen molar-refractivity contribution in [1.29, 1.82) is 0 Å². The molecule has 0 bridgehead atoms. The van der Waals surface area contributed by atoms with Gasteiger partial charge in [0.25, 0.3) is 0 Å². The number of alkyl halides is 1. The summed E-state index contributed by atoms with van der Waals surface area (Å²) in [6.07, 6.45) is 6.73. The van der Waals surface area contributed by atoms with Gasteiger partial charge in [-0.25, -0.2) is 4.98 Å². The van der Waals surface area contributed by atoms with E-state index >= 15 is 0 Å². The first-order valence-corrected chi connectivity index (χ1v) is 7.90. The van der Waals surface area contributed by atoms with Gasteiger partial charge in [0.1, 0.15) is 5.82 Å². The monoisotopic (exact) mass is 296 g/mol. The molecule has 4 heteroatoms. The SMILES string of the molecule is ClCc1nc2cccc(Cl)c2n1CCC1CCCC1. The number of aromatic nitrogens is 2. The smallest absolute Gasteiger partial charge is 0.124 e. The van der Waals surface area contributed by atoms with Crippen molar-refractivity contribution in [2.75, 3.05) is 0 Å². The molecule has 1 aliphatic carbocycles. The predicted octanol–water partition coefficient (Wildman–Crippen LogP) is 5.01. The Kier molecular flexibility index (Phi) is 3.99. The summed E-state index contributed by atoms with van der Waals surface area (Å²) < 4.78 is 2.21. The van der Waals surface area contributed by atoms with Crippen LogP contribution in [0.4, 0.5) is 0 Å². The first-order chi connectivity index (χ1) is 9.29. The van der Waals surface area contributed by atoms with E-state index < -0.39 is 0 Å². The molecule has 1 aliphatic rings. The summed E-state index contributed by atoms with van der Waals surface area (Å²) in [5.74, 6) is 2.24. The standard InChI is InChI=1S/C15H18Cl2N2/c16-10-14-18-13-7-3-6-12(17)15(13)19(14)9-8-11-4-1-2-5-11/h3,6-7,11H,1-2,4-5,8-10H2. The molecule has 2 nitrogen and oxygen atoms in total. The highest BCUT2D eigenvalue weighted by atomic mass is 35.5. The quantitative estimate of drug-likeness (QED) is 0.725. The van der Waals surface area contributed by atoms with Crippen molar-refractivity contribution in [2.45, 2.75) is 44.5 Å².